The summed E-state index contributed by atoms with van der Waals surface area (Å²) in [5.74, 6) is -1.91. The van der Waals surface area contributed by atoms with Gasteiger partial charge in [-0.2, -0.15) is 0 Å². The Balaban J connectivity index is 3.20. The Bertz CT molecular complexity index is 364. The number of carboxylic acids is 1. The van der Waals surface area contributed by atoms with Crippen molar-refractivity contribution in [3.63, 3.8) is 0 Å². The van der Waals surface area contributed by atoms with Gasteiger partial charge in [-0.3, -0.25) is 0 Å². The number of aromatic carboxylic acids is 1. The molecule has 0 spiro atoms. The lowest BCUT2D eigenvalue weighted by molar-refractivity contribution is 0.0692. The van der Waals surface area contributed by atoms with Gasteiger partial charge in [0.15, 0.2) is 0 Å². The quantitative estimate of drug-likeness (QED) is 0.749. The second-order valence-corrected chi connectivity index (χ2v) is 4.25. The van der Waals surface area contributed by atoms with Crippen LogP contribution in [0.25, 0.3) is 0 Å². The van der Waals surface area contributed by atoms with Crippen molar-refractivity contribution in [3.8, 4) is 0 Å². The molecule has 0 fully saturated rings. The van der Waals surface area contributed by atoms with Crippen LogP contribution in [0.5, 0.6) is 0 Å². The van der Waals surface area contributed by atoms with Crippen molar-refractivity contribution in [2.24, 2.45) is 0 Å². The summed E-state index contributed by atoms with van der Waals surface area (Å²) < 4.78 is 13.3. The van der Waals surface area contributed by atoms with Crippen LogP contribution in [0.15, 0.2) is 18.2 Å². The molecular formula is C11H13FO2. The Morgan fingerprint density at radius 1 is 1.36 bits per heavy atom. The molecule has 0 heterocycles. The number of benzene rings is 1. The van der Waals surface area contributed by atoms with Gasteiger partial charge in [-0.15, -0.1) is 0 Å². The fourth-order valence-corrected chi connectivity index (χ4v) is 1.16. The standard InChI is InChI=1S/C11H13FO2/c1-11(2,3)7-4-5-8(10(13)14)9(12)6-7/h4-6H,1-3H3,(H,13,14). The first-order valence-electron chi connectivity index (χ1n) is 4.35. The smallest absolute Gasteiger partial charge is 0.338 e. The highest BCUT2D eigenvalue weighted by molar-refractivity contribution is 5.87. The van der Waals surface area contributed by atoms with E-state index in [0.29, 0.717) is 0 Å². The van der Waals surface area contributed by atoms with Crippen LogP contribution in [0, 0.1) is 5.82 Å². The van der Waals surface area contributed by atoms with E-state index in [1.165, 1.54) is 12.1 Å². The summed E-state index contributed by atoms with van der Waals surface area (Å²) in [6.45, 7) is 5.84. The minimum atomic E-state index is -1.23. The number of carbonyl (C=O) groups is 1. The Hall–Kier alpha value is -1.38. The Morgan fingerprint density at radius 3 is 2.29 bits per heavy atom. The van der Waals surface area contributed by atoms with E-state index in [4.69, 9.17) is 5.11 Å². The first-order valence-corrected chi connectivity index (χ1v) is 4.35. The van der Waals surface area contributed by atoms with Gasteiger partial charge >= 0.3 is 5.97 Å². The summed E-state index contributed by atoms with van der Waals surface area (Å²) in [4.78, 5) is 10.5. The molecule has 1 aromatic carbocycles. The molecule has 1 rings (SSSR count). The number of hydrogen-bond donors (Lipinski definition) is 1. The molecule has 1 N–H and O–H groups in total. The predicted octanol–water partition coefficient (Wildman–Crippen LogP) is 2.82. The Morgan fingerprint density at radius 2 is 1.93 bits per heavy atom. The van der Waals surface area contributed by atoms with Gasteiger partial charge in [-0.1, -0.05) is 26.8 Å². The minimum absolute atomic E-state index is 0.169. The number of halogens is 1. The molecule has 0 saturated heterocycles. The van der Waals surface area contributed by atoms with E-state index in [1.807, 2.05) is 20.8 Å². The predicted molar refractivity (Wildman–Crippen MR) is 52.1 cm³/mol. The highest BCUT2D eigenvalue weighted by Crippen LogP contribution is 2.23. The number of hydrogen-bond acceptors (Lipinski definition) is 1. The molecule has 1 aromatic rings. The van der Waals surface area contributed by atoms with Crippen molar-refractivity contribution in [1.29, 1.82) is 0 Å². The highest BCUT2D eigenvalue weighted by Gasteiger charge is 2.17. The zero-order valence-electron chi connectivity index (χ0n) is 8.47. The molecule has 0 aliphatic carbocycles. The summed E-state index contributed by atoms with van der Waals surface area (Å²) >= 11 is 0. The van der Waals surface area contributed by atoms with Crippen LogP contribution in [-0.4, -0.2) is 11.1 Å². The number of rotatable bonds is 1. The molecule has 0 radical (unpaired) electrons. The Labute approximate surface area is 82.4 Å². The summed E-state index contributed by atoms with van der Waals surface area (Å²) in [5, 5.41) is 8.62. The first kappa shape index (κ1) is 10.7. The average Bonchev–Trinajstić information content (AvgIpc) is 2.01. The molecule has 0 aliphatic rings. The van der Waals surface area contributed by atoms with Crippen LogP contribution >= 0.6 is 0 Å². The van der Waals surface area contributed by atoms with E-state index >= 15 is 0 Å². The van der Waals surface area contributed by atoms with Gasteiger partial charge in [0.2, 0.25) is 0 Å². The van der Waals surface area contributed by atoms with Crippen molar-refractivity contribution in [2.45, 2.75) is 26.2 Å². The van der Waals surface area contributed by atoms with E-state index in [9.17, 15) is 9.18 Å². The molecular weight excluding hydrogens is 183 g/mol. The molecule has 0 saturated carbocycles. The van der Waals surface area contributed by atoms with E-state index in [1.54, 1.807) is 6.07 Å². The van der Waals surface area contributed by atoms with E-state index < -0.39 is 11.8 Å². The first-order chi connectivity index (χ1) is 6.32. The maximum Gasteiger partial charge on any atom is 0.338 e. The largest absolute Gasteiger partial charge is 0.478 e. The lowest BCUT2D eigenvalue weighted by atomic mass is 9.86. The third-order valence-corrected chi connectivity index (χ3v) is 2.07. The van der Waals surface area contributed by atoms with Crippen molar-refractivity contribution in [1.82, 2.24) is 0 Å². The van der Waals surface area contributed by atoms with E-state index in [-0.39, 0.29) is 11.0 Å². The zero-order valence-corrected chi connectivity index (χ0v) is 8.47. The highest BCUT2D eigenvalue weighted by atomic mass is 19.1. The lowest BCUT2D eigenvalue weighted by Gasteiger charge is -2.19. The van der Waals surface area contributed by atoms with Crippen LogP contribution in [0.4, 0.5) is 4.39 Å². The molecule has 3 heteroatoms. The molecule has 0 unspecified atom stereocenters. The molecule has 0 aliphatic heterocycles. The van der Waals surface area contributed by atoms with Crippen LogP contribution in [0.3, 0.4) is 0 Å². The molecule has 2 nitrogen and oxygen atoms in total. The molecule has 76 valence electrons. The van der Waals surface area contributed by atoms with Crippen molar-refractivity contribution < 1.29 is 14.3 Å². The zero-order chi connectivity index (χ0) is 10.9. The Kier molecular flexibility index (Phi) is 2.60. The molecule has 14 heavy (non-hydrogen) atoms. The van der Waals surface area contributed by atoms with Crippen LogP contribution in [0.1, 0.15) is 36.7 Å². The normalized spacial score (nSPS) is 11.4. The minimum Gasteiger partial charge on any atom is -0.478 e. The lowest BCUT2D eigenvalue weighted by Crippen LogP contribution is -2.12. The topological polar surface area (TPSA) is 37.3 Å². The molecule has 0 atom stereocenters. The fraction of sp³-hybridized carbons (Fsp3) is 0.364. The van der Waals surface area contributed by atoms with Gasteiger partial charge in [0, 0.05) is 0 Å². The van der Waals surface area contributed by atoms with Gasteiger partial charge in [0.25, 0.3) is 0 Å². The monoisotopic (exact) mass is 196 g/mol. The van der Waals surface area contributed by atoms with Crippen molar-refractivity contribution >= 4 is 5.97 Å². The summed E-state index contributed by atoms with van der Waals surface area (Å²) in [7, 11) is 0. The van der Waals surface area contributed by atoms with Crippen molar-refractivity contribution in [3.05, 3.63) is 35.1 Å². The summed E-state index contributed by atoms with van der Waals surface area (Å²) in [6, 6.07) is 4.23. The summed E-state index contributed by atoms with van der Waals surface area (Å²) in [6.07, 6.45) is 0. The average molecular weight is 196 g/mol. The second-order valence-electron chi connectivity index (χ2n) is 4.25. The summed E-state index contributed by atoms with van der Waals surface area (Å²) in [5.41, 5.74) is 0.343. The van der Waals surface area contributed by atoms with Crippen LogP contribution in [-0.2, 0) is 5.41 Å². The number of carboxylic acid groups (broad SMARTS) is 1. The van der Waals surface area contributed by atoms with E-state index in [2.05, 4.69) is 0 Å². The van der Waals surface area contributed by atoms with Gasteiger partial charge in [0.1, 0.15) is 5.82 Å². The third-order valence-electron chi connectivity index (χ3n) is 2.07. The maximum atomic E-state index is 13.3. The molecule has 0 aromatic heterocycles. The van der Waals surface area contributed by atoms with Crippen LogP contribution < -0.4 is 0 Å². The maximum absolute atomic E-state index is 13.3. The van der Waals surface area contributed by atoms with Gasteiger partial charge < -0.3 is 5.11 Å². The molecule has 0 bridgehead atoms. The second kappa shape index (κ2) is 3.40. The molecule has 0 amide bonds. The van der Waals surface area contributed by atoms with Gasteiger partial charge in [0.05, 0.1) is 5.56 Å². The van der Waals surface area contributed by atoms with E-state index in [0.717, 1.165) is 5.56 Å². The van der Waals surface area contributed by atoms with Gasteiger partial charge in [-0.25, -0.2) is 9.18 Å². The SMILES string of the molecule is CC(C)(C)c1ccc(C(=O)O)c(F)c1. The van der Waals surface area contributed by atoms with Gasteiger partial charge in [-0.05, 0) is 23.1 Å². The third kappa shape index (κ3) is 2.10. The fourth-order valence-electron chi connectivity index (χ4n) is 1.16. The van der Waals surface area contributed by atoms with Crippen LogP contribution in [0.2, 0.25) is 0 Å². The van der Waals surface area contributed by atoms with Crippen molar-refractivity contribution in [2.75, 3.05) is 0 Å².